The summed E-state index contributed by atoms with van der Waals surface area (Å²) in [5.41, 5.74) is 2.36. The third-order valence-corrected chi connectivity index (χ3v) is 7.37. The molecule has 10 heteroatoms. The van der Waals surface area contributed by atoms with Gasteiger partial charge in [0.25, 0.3) is 0 Å². The lowest BCUT2D eigenvalue weighted by Crippen LogP contribution is -2.37. The number of carbonyl (C=O) groups excluding carboxylic acids is 1. The van der Waals surface area contributed by atoms with E-state index in [4.69, 9.17) is 9.93 Å². The van der Waals surface area contributed by atoms with Crippen molar-refractivity contribution < 1.29 is 14.4 Å². The smallest absolute Gasteiger partial charge is 0.166 e. The Labute approximate surface area is 196 Å². The van der Waals surface area contributed by atoms with Gasteiger partial charge in [0.05, 0.1) is 10.6 Å². The van der Waals surface area contributed by atoms with Gasteiger partial charge in [0, 0.05) is 54.2 Å². The van der Waals surface area contributed by atoms with Crippen LogP contribution in [0, 0.1) is 21.7 Å². The van der Waals surface area contributed by atoms with Crippen molar-refractivity contribution in [3.63, 3.8) is 0 Å². The number of likely N-dealkylation sites (tertiary alicyclic amines) is 1. The molecule has 0 bridgehead atoms. The zero-order valence-electron chi connectivity index (χ0n) is 18.7. The molecule has 1 aromatic heterocycles. The molecule has 2 aromatic rings. The Morgan fingerprint density at radius 1 is 1.12 bits per heavy atom. The summed E-state index contributed by atoms with van der Waals surface area (Å²) in [6, 6.07) is 7.97. The number of hydrogen-bond acceptors (Lipinski definition) is 8. The van der Waals surface area contributed by atoms with Gasteiger partial charge in [-0.25, -0.2) is 8.70 Å². The topological polar surface area (TPSA) is 95.2 Å². The number of aromatic nitrogens is 1. The normalized spacial score (nSPS) is 18.9. The Bertz CT molecular complexity index is 958. The average Bonchev–Trinajstić information content (AvgIpc) is 3.10. The molecule has 0 unspecified atom stereocenters. The molecule has 2 aliphatic heterocycles. The van der Waals surface area contributed by atoms with Crippen molar-refractivity contribution in [3.05, 3.63) is 63.5 Å². The first-order chi connectivity index (χ1) is 16.0. The van der Waals surface area contributed by atoms with E-state index < -0.39 is 0 Å². The highest BCUT2D eigenvalue weighted by Crippen LogP contribution is 2.32. The van der Waals surface area contributed by atoms with Gasteiger partial charge in [0.15, 0.2) is 5.78 Å². The van der Waals surface area contributed by atoms with Crippen LogP contribution in [0.5, 0.6) is 0 Å². The lowest BCUT2D eigenvalue weighted by molar-refractivity contribution is 0.0838. The van der Waals surface area contributed by atoms with E-state index in [1.807, 2.05) is 17.8 Å². The lowest BCUT2D eigenvalue weighted by atomic mass is 9.89. The molecule has 8 nitrogen and oxygen atoms in total. The number of piperidine rings is 1. The van der Waals surface area contributed by atoms with Crippen molar-refractivity contribution in [1.82, 2.24) is 13.8 Å². The van der Waals surface area contributed by atoms with E-state index in [1.54, 1.807) is 24.1 Å². The minimum atomic E-state index is -0.308. The minimum absolute atomic E-state index is 0.0376. The molecule has 1 aromatic carbocycles. The average molecular weight is 477 g/mol. The zero-order chi connectivity index (χ0) is 23.8. The third kappa shape index (κ3) is 6.27. The number of rotatable bonds is 6. The monoisotopic (exact) mass is 476 g/mol. The molecule has 0 aliphatic carbocycles. The maximum Gasteiger partial charge on any atom is 0.166 e. The summed E-state index contributed by atoms with van der Waals surface area (Å²) >= 11 is 1.74. The summed E-state index contributed by atoms with van der Waals surface area (Å²) in [6.07, 6.45) is 5.50. The van der Waals surface area contributed by atoms with Gasteiger partial charge in [-0.15, -0.1) is 0 Å². The Morgan fingerprint density at radius 2 is 1.82 bits per heavy atom. The van der Waals surface area contributed by atoms with Crippen LogP contribution in [0.15, 0.2) is 46.6 Å². The summed E-state index contributed by atoms with van der Waals surface area (Å²) in [5.74, 6) is -0.131. The lowest BCUT2D eigenvalue weighted by Gasteiger charge is -2.31. The second-order valence-corrected chi connectivity index (χ2v) is 9.44. The first-order valence-corrected chi connectivity index (χ1v) is 11.8. The first-order valence-electron chi connectivity index (χ1n) is 11.0. The number of fused-ring (bicyclic) bond motifs is 1. The molecule has 3 heterocycles. The van der Waals surface area contributed by atoms with Gasteiger partial charge in [-0.1, -0.05) is 5.16 Å². The Morgan fingerprint density at radius 3 is 2.48 bits per heavy atom. The van der Waals surface area contributed by atoms with Gasteiger partial charge >= 0.3 is 0 Å². The van der Waals surface area contributed by atoms with Gasteiger partial charge in [-0.2, -0.15) is 0 Å². The summed E-state index contributed by atoms with van der Waals surface area (Å²) in [5, 5.41) is 12.9. The summed E-state index contributed by atoms with van der Waals surface area (Å²) in [7, 11) is 1.98. The highest BCUT2D eigenvalue weighted by molar-refractivity contribution is 7.97. The maximum absolute atomic E-state index is 13.1. The van der Waals surface area contributed by atoms with E-state index in [1.165, 1.54) is 12.1 Å². The summed E-state index contributed by atoms with van der Waals surface area (Å²) in [6.45, 7) is 4.68. The largest absolute Gasteiger partial charge is 0.411 e. The van der Waals surface area contributed by atoms with Crippen LogP contribution in [-0.4, -0.2) is 63.2 Å². The van der Waals surface area contributed by atoms with Crippen molar-refractivity contribution in [2.45, 2.75) is 30.6 Å². The number of halogens is 1. The van der Waals surface area contributed by atoms with Crippen molar-refractivity contribution in [2.75, 3.05) is 32.7 Å². The van der Waals surface area contributed by atoms with E-state index >= 15 is 0 Å². The van der Waals surface area contributed by atoms with Crippen molar-refractivity contribution >= 4 is 23.4 Å². The molecular formula is C23H29FN4O4S. The second-order valence-electron chi connectivity index (χ2n) is 8.30. The number of hydrogen-bond donors (Lipinski definition) is 1. The Balaban J connectivity index is 0.00000149. The molecule has 4 rings (SSSR count). The standard InChI is InChI=1S/C23H29FN4O2S.O2/c1-26-13-10-21-22(26)20(25-30)9-16-28(31-21)12-2-11-27-14-7-18(8-15-27)23(29)17-3-5-19(24)6-4-17;1-2/h3-6,10,13,18,30H,2,7-9,11-12,14-16H2,1H3;/b25-20+;. The molecule has 0 radical (unpaired) electrons. The molecule has 0 spiro atoms. The summed E-state index contributed by atoms with van der Waals surface area (Å²) < 4.78 is 17.5. The SMILES string of the molecule is Cn1ccc2c1/C(=N/O)CCN(CCCN1CCC(C(=O)c3ccc(F)cc3)CC1)S2.O=O. The van der Waals surface area contributed by atoms with Gasteiger partial charge in [-0.3, -0.25) is 4.79 Å². The second kappa shape index (κ2) is 12.1. The minimum Gasteiger partial charge on any atom is -0.411 e. The van der Waals surface area contributed by atoms with Crippen molar-refractivity contribution in [3.8, 4) is 0 Å². The van der Waals surface area contributed by atoms with Crippen LogP contribution in [0.2, 0.25) is 0 Å². The fourth-order valence-electron chi connectivity index (χ4n) is 4.45. The van der Waals surface area contributed by atoms with Crippen LogP contribution in [-0.2, 0) is 7.05 Å². The molecule has 2 aliphatic rings. The number of aryl methyl sites for hydroxylation is 1. The Hall–Kier alpha value is -2.56. The van der Waals surface area contributed by atoms with Crippen LogP contribution < -0.4 is 0 Å². The molecule has 0 atom stereocenters. The number of nitrogens with zero attached hydrogens (tertiary/aromatic N) is 4. The number of oxime groups is 1. The number of ketones is 1. The van der Waals surface area contributed by atoms with Gasteiger partial charge in [-0.05, 0) is 81.2 Å². The van der Waals surface area contributed by atoms with E-state index in [-0.39, 0.29) is 17.5 Å². The van der Waals surface area contributed by atoms with Gasteiger partial charge in [0.1, 0.15) is 11.5 Å². The maximum atomic E-state index is 13.1. The highest BCUT2D eigenvalue weighted by Gasteiger charge is 2.26. The van der Waals surface area contributed by atoms with Gasteiger partial charge in [0.2, 0.25) is 0 Å². The van der Waals surface area contributed by atoms with Crippen molar-refractivity contribution in [2.24, 2.45) is 18.1 Å². The van der Waals surface area contributed by atoms with Crippen LogP contribution in [0.4, 0.5) is 4.39 Å². The first kappa shape index (κ1) is 25.1. The van der Waals surface area contributed by atoms with E-state index in [9.17, 15) is 14.4 Å². The van der Waals surface area contributed by atoms with E-state index in [0.717, 1.165) is 74.7 Å². The quantitative estimate of drug-likeness (QED) is 0.290. The molecule has 178 valence electrons. The van der Waals surface area contributed by atoms with Crippen LogP contribution in [0.25, 0.3) is 0 Å². The fourth-order valence-corrected chi connectivity index (χ4v) is 5.61. The van der Waals surface area contributed by atoms with E-state index in [2.05, 4.69) is 20.4 Å². The zero-order valence-corrected chi connectivity index (χ0v) is 19.5. The molecule has 0 saturated carbocycles. The van der Waals surface area contributed by atoms with Gasteiger partial charge < -0.3 is 14.7 Å². The number of benzene rings is 1. The predicted molar refractivity (Wildman–Crippen MR) is 127 cm³/mol. The number of Topliss-reactive ketones (excluding diaryl/α,β-unsaturated/α-hetero) is 1. The molecule has 1 N–H and O–H groups in total. The molecule has 1 fully saturated rings. The Kier molecular flexibility index (Phi) is 9.16. The third-order valence-electron chi connectivity index (χ3n) is 6.22. The van der Waals surface area contributed by atoms with Crippen LogP contribution in [0.1, 0.15) is 41.7 Å². The summed E-state index contributed by atoms with van der Waals surface area (Å²) in [4.78, 5) is 30.2. The predicted octanol–water partition coefficient (Wildman–Crippen LogP) is 4.11. The van der Waals surface area contributed by atoms with E-state index in [0.29, 0.717) is 5.56 Å². The fraction of sp³-hybridized carbons (Fsp3) is 0.478. The molecule has 1 saturated heterocycles. The molecular weight excluding hydrogens is 447 g/mol. The number of carbonyl (C=O) groups is 1. The van der Waals surface area contributed by atoms with Crippen molar-refractivity contribution in [1.29, 1.82) is 0 Å². The molecule has 33 heavy (non-hydrogen) atoms. The molecule has 0 amide bonds. The van der Waals surface area contributed by atoms with Crippen LogP contribution in [0.3, 0.4) is 0 Å². The highest BCUT2D eigenvalue weighted by atomic mass is 32.2. The van der Waals surface area contributed by atoms with Crippen LogP contribution >= 0.6 is 11.9 Å².